The van der Waals surface area contributed by atoms with Crippen LogP contribution < -0.4 is 10.5 Å². The number of ether oxygens (including phenoxy) is 1. The third-order valence-corrected chi connectivity index (χ3v) is 5.35. The number of hydrogen-bond donors (Lipinski definition) is 3. The number of methoxy groups -OCH3 is 1. The van der Waals surface area contributed by atoms with E-state index in [1.54, 1.807) is 24.3 Å². The summed E-state index contributed by atoms with van der Waals surface area (Å²) >= 11 is 0. The van der Waals surface area contributed by atoms with Gasteiger partial charge in [-0.05, 0) is 30.3 Å². The number of rotatable bonds is 7. The Balaban J connectivity index is 2.16. The van der Waals surface area contributed by atoms with Gasteiger partial charge < -0.3 is 15.6 Å². The molecular formula is C17H18N4O5S. The van der Waals surface area contributed by atoms with E-state index in [1.165, 1.54) is 23.9 Å². The second kappa shape index (κ2) is 7.35. The van der Waals surface area contributed by atoms with Crippen LogP contribution in [0.3, 0.4) is 0 Å². The molecular weight excluding hydrogens is 372 g/mol. The lowest BCUT2D eigenvalue weighted by Gasteiger charge is -2.11. The maximum Gasteiger partial charge on any atom is 0.335 e. The van der Waals surface area contributed by atoms with E-state index in [9.17, 15) is 18.3 Å². The Morgan fingerprint density at radius 1 is 1.30 bits per heavy atom. The number of para-hydroxylation sites is 1. The Morgan fingerprint density at radius 3 is 2.74 bits per heavy atom. The number of nitrogens with zero attached hydrogens (tertiary/aromatic N) is 2. The van der Waals surface area contributed by atoms with E-state index in [1.807, 2.05) is 0 Å². The van der Waals surface area contributed by atoms with Crippen LogP contribution in [-0.2, 0) is 14.8 Å². The summed E-state index contributed by atoms with van der Waals surface area (Å²) in [5.41, 5.74) is 6.65. The summed E-state index contributed by atoms with van der Waals surface area (Å²) in [7, 11) is -2.48. The molecule has 0 unspecified atom stereocenters. The maximum atomic E-state index is 12.5. The van der Waals surface area contributed by atoms with Crippen molar-refractivity contribution in [3.63, 3.8) is 0 Å². The van der Waals surface area contributed by atoms with Crippen LogP contribution in [0.5, 0.6) is 0 Å². The fraction of sp³-hybridized carbons (Fsp3) is 0.176. The molecule has 0 atom stereocenters. The minimum Gasteiger partial charge on any atom is -0.478 e. The number of fused-ring (bicyclic) bond motifs is 1. The number of sulfonamides is 1. The molecule has 0 amide bonds. The third-order valence-electron chi connectivity index (χ3n) is 3.91. The van der Waals surface area contributed by atoms with Gasteiger partial charge in [0, 0.05) is 19.0 Å². The second-order valence-electron chi connectivity index (χ2n) is 5.73. The summed E-state index contributed by atoms with van der Waals surface area (Å²) in [4.78, 5) is 11.3. The van der Waals surface area contributed by atoms with Crippen LogP contribution in [0.1, 0.15) is 10.4 Å². The van der Waals surface area contributed by atoms with Crippen molar-refractivity contribution in [1.82, 2.24) is 14.5 Å². The Morgan fingerprint density at radius 2 is 2.04 bits per heavy atom. The molecule has 9 nitrogen and oxygen atoms in total. The SMILES string of the molecule is COCCNS(=O)(=O)c1cc(C(=O)O)cc(-n2nc(N)c3ccccc32)c1. The molecule has 0 fully saturated rings. The van der Waals surface area contributed by atoms with Gasteiger partial charge in [-0.3, -0.25) is 0 Å². The van der Waals surface area contributed by atoms with Crippen LogP contribution in [-0.4, -0.2) is 49.5 Å². The molecule has 27 heavy (non-hydrogen) atoms. The normalized spacial score (nSPS) is 11.7. The van der Waals surface area contributed by atoms with Gasteiger partial charge >= 0.3 is 5.97 Å². The molecule has 3 rings (SSSR count). The molecule has 0 radical (unpaired) electrons. The number of carboxylic acids is 1. The average Bonchev–Trinajstić information content (AvgIpc) is 2.98. The molecule has 1 aromatic heterocycles. The van der Waals surface area contributed by atoms with Crippen molar-refractivity contribution in [2.24, 2.45) is 0 Å². The third kappa shape index (κ3) is 3.77. The lowest BCUT2D eigenvalue weighted by Crippen LogP contribution is -2.27. The molecule has 10 heteroatoms. The first-order chi connectivity index (χ1) is 12.8. The van der Waals surface area contributed by atoms with E-state index in [0.29, 0.717) is 10.9 Å². The molecule has 0 bridgehead atoms. The first-order valence-corrected chi connectivity index (χ1v) is 9.42. The number of aromatic carboxylic acids is 1. The highest BCUT2D eigenvalue weighted by Crippen LogP contribution is 2.26. The number of hydrogen-bond acceptors (Lipinski definition) is 6. The van der Waals surface area contributed by atoms with Gasteiger partial charge in [0.05, 0.1) is 28.3 Å². The van der Waals surface area contributed by atoms with Crippen LogP contribution in [0.25, 0.3) is 16.6 Å². The van der Waals surface area contributed by atoms with E-state index in [2.05, 4.69) is 9.82 Å². The molecule has 4 N–H and O–H groups in total. The van der Waals surface area contributed by atoms with Gasteiger partial charge in [-0.1, -0.05) is 12.1 Å². The molecule has 0 saturated heterocycles. The minimum atomic E-state index is -3.93. The van der Waals surface area contributed by atoms with Crippen LogP contribution in [0, 0.1) is 0 Å². The van der Waals surface area contributed by atoms with Crippen molar-refractivity contribution in [3.05, 3.63) is 48.0 Å². The monoisotopic (exact) mass is 390 g/mol. The predicted molar refractivity (Wildman–Crippen MR) is 99.5 cm³/mol. The fourth-order valence-corrected chi connectivity index (χ4v) is 3.71. The van der Waals surface area contributed by atoms with E-state index in [-0.39, 0.29) is 35.1 Å². The Hall–Kier alpha value is -2.95. The van der Waals surface area contributed by atoms with Crippen molar-refractivity contribution in [1.29, 1.82) is 0 Å². The van der Waals surface area contributed by atoms with Crippen molar-refractivity contribution in [2.75, 3.05) is 26.0 Å². The first kappa shape index (κ1) is 18.8. The minimum absolute atomic E-state index is 0.0586. The van der Waals surface area contributed by atoms with Gasteiger partial charge in [-0.15, -0.1) is 5.10 Å². The standard InChI is InChI=1S/C17H18N4O5S/c1-26-7-6-19-27(24,25)13-9-11(17(22)23)8-12(10-13)21-15-5-3-2-4-14(15)16(18)20-21/h2-5,8-10,19H,6-7H2,1H3,(H2,18,20)(H,22,23). The number of carboxylic acid groups (broad SMARTS) is 1. The molecule has 0 spiro atoms. The molecule has 0 saturated carbocycles. The smallest absolute Gasteiger partial charge is 0.335 e. The summed E-state index contributed by atoms with van der Waals surface area (Å²) in [5, 5.41) is 14.3. The first-order valence-electron chi connectivity index (χ1n) is 7.94. The van der Waals surface area contributed by atoms with Crippen LogP contribution in [0.4, 0.5) is 5.82 Å². The molecule has 0 aliphatic carbocycles. The van der Waals surface area contributed by atoms with Gasteiger partial charge in [-0.2, -0.15) is 0 Å². The van der Waals surface area contributed by atoms with Gasteiger partial charge in [0.2, 0.25) is 10.0 Å². The summed E-state index contributed by atoms with van der Waals surface area (Å²) in [5.74, 6) is -0.997. The number of benzene rings is 2. The molecule has 3 aromatic rings. The Bertz CT molecular complexity index is 1110. The summed E-state index contributed by atoms with van der Waals surface area (Å²) in [6.07, 6.45) is 0. The number of aromatic nitrogens is 2. The topological polar surface area (TPSA) is 137 Å². The van der Waals surface area contributed by atoms with E-state index < -0.39 is 16.0 Å². The lowest BCUT2D eigenvalue weighted by molar-refractivity contribution is 0.0696. The quantitative estimate of drug-likeness (QED) is 0.516. The molecule has 0 aliphatic heterocycles. The Kier molecular flexibility index (Phi) is 5.13. The van der Waals surface area contributed by atoms with Crippen molar-refractivity contribution in [2.45, 2.75) is 4.90 Å². The van der Waals surface area contributed by atoms with Gasteiger partial charge in [0.15, 0.2) is 5.82 Å². The largest absolute Gasteiger partial charge is 0.478 e. The highest BCUT2D eigenvalue weighted by molar-refractivity contribution is 7.89. The van der Waals surface area contributed by atoms with Gasteiger partial charge in [0.1, 0.15) is 0 Å². The van der Waals surface area contributed by atoms with Gasteiger partial charge in [-0.25, -0.2) is 22.6 Å². The Labute approximate surface area is 155 Å². The zero-order chi connectivity index (χ0) is 19.6. The summed E-state index contributed by atoms with van der Waals surface area (Å²) < 4.78 is 33.7. The zero-order valence-electron chi connectivity index (χ0n) is 14.4. The molecule has 1 heterocycles. The van der Waals surface area contributed by atoms with Crippen LogP contribution in [0.15, 0.2) is 47.4 Å². The van der Waals surface area contributed by atoms with Crippen LogP contribution >= 0.6 is 0 Å². The lowest BCUT2D eigenvalue weighted by atomic mass is 10.2. The fourth-order valence-electron chi connectivity index (χ4n) is 2.63. The number of nitrogens with one attached hydrogen (secondary N) is 1. The van der Waals surface area contributed by atoms with Crippen molar-refractivity contribution >= 4 is 32.7 Å². The number of nitrogen functional groups attached to an aromatic ring is 1. The maximum absolute atomic E-state index is 12.5. The zero-order valence-corrected chi connectivity index (χ0v) is 15.2. The van der Waals surface area contributed by atoms with E-state index >= 15 is 0 Å². The average molecular weight is 390 g/mol. The number of nitrogens with two attached hydrogens (primary N) is 1. The van der Waals surface area contributed by atoms with E-state index in [4.69, 9.17) is 10.5 Å². The molecule has 0 aliphatic rings. The van der Waals surface area contributed by atoms with Crippen molar-refractivity contribution < 1.29 is 23.1 Å². The van der Waals surface area contributed by atoms with Crippen molar-refractivity contribution in [3.8, 4) is 5.69 Å². The molecule has 2 aromatic carbocycles. The number of carbonyl (C=O) groups is 1. The van der Waals surface area contributed by atoms with Gasteiger partial charge in [0.25, 0.3) is 0 Å². The van der Waals surface area contributed by atoms with E-state index in [0.717, 1.165) is 6.07 Å². The summed E-state index contributed by atoms with van der Waals surface area (Å²) in [6, 6.07) is 10.9. The van der Waals surface area contributed by atoms with Crippen LogP contribution in [0.2, 0.25) is 0 Å². The summed E-state index contributed by atoms with van der Waals surface area (Å²) in [6.45, 7) is 0.244. The molecule has 142 valence electrons. The highest BCUT2D eigenvalue weighted by atomic mass is 32.2. The highest BCUT2D eigenvalue weighted by Gasteiger charge is 2.19. The number of anilines is 1. The predicted octanol–water partition coefficient (Wildman–Crippen LogP) is 1.23. The second-order valence-corrected chi connectivity index (χ2v) is 7.49.